The standard InChI is InChI=1S/C18H21N3O2/c1-2-4-18-15(3-1)9-17(23-18)12-19-10-14-11-20-21(13-14)16-5-7-22-8-6-16/h1-4,9,11,13,16,19H,5-8,10,12H2. The Labute approximate surface area is 135 Å². The predicted octanol–water partition coefficient (Wildman–Crippen LogP) is 3.27. The zero-order chi connectivity index (χ0) is 15.5. The van der Waals surface area contributed by atoms with Gasteiger partial charge in [0.05, 0.1) is 18.8 Å². The molecule has 4 rings (SSSR count). The molecule has 1 fully saturated rings. The Balaban J connectivity index is 1.33. The summed E-state index contributed by atoms with van der Waals surface area (Å²) in [5.41, 5.74) is 2.14. The third kappa shape index (κ3) is 3.30. The molecule has 5 nitrogen and oxygen atoms in total. The number of rotatable bonds is 5. The quantitative estimate of drug-likeness (QED) is 0.786. The summed E-state index contributed by atoms with van der Waals surface area (Å²) in [5.74, 6) is 0.961. The first-order chi connectivity index (χ1) is 11.4. The van der Waals surface area contributed by atoms with Gasteiger partial charge in [-0.05, 0) is 25.0 Å². The van der Waals surface area contributed by atoms with Gasteiger partial charge in [-0.15, -0.1) is 0 Å². The lowest BCUT2D eigenvalue weighted by Gasteiger charge is -2.22. The Morgan fingerprint density at radius 2 is 2.04 bits per heavy atom. The van der Waals surface area contributed by atoms with Gasteiger partial charge in [0.1, 0.15) is 11.3 Å². The lowest BCUT2D eigenvalue weighted by Crippen LogP contribution is -2.19. The Bertz CT molecular complexity index is 738. The van der Waals surface area contributed by atoms with Crippen LogP contribution in [-0.4, -0.2) is 23.0 Å². The molecule has 1 aliphatic rings. The third-order valence-electron chi connectivity index (χ3n) is 4.32. The number of aromatic nitrogens is 2. The minimum atomic E-state index is 0.480. The SMILES string of the molecule is c1ccc2oc(CNCc3cnn(C4CCOCC4)c3)cc2c1. The molecule has 0 spiro atoms. The molecule has 0 aliphatic carbocycles. The van der Waals surface area contributed by atoms with Crippen molar-refractivity contribution >= 4 is 11.0 Å². The number of nitrogens with zero attached hydrogens (tertiary/aromatic N) is 2. The fourth-order valence-electron chi connectivity index (χ4n) is 3.07. The van der Waals surface area contributed by atoms with Crippen LogP contribution >= 0.6 is 0 Å². The minimum Gasteiger partial charge on any atom is -0.460 e. The highest BCUT2D eigenvalue weighted by Crippen LogP contribution is 2.20. The number of hydrogen-bond acceptors (Lipinski definition) is 4. The molecule has 0 bridgehead atoms. The second kappa shape index (κ2) is 6.56. The van der Waals surface area contributed by atoms with Crippen LogP contribution in [0.5, 0.6) is 0 Å². The number of ether oxygens (including phenoxy) is 1. The lowest BCUT2D eigenvalue weighted by atomic mass is 10.1. The van der Waals surface area contributed by atoms with Gasteiger partial charge < -0.3 is 14.5 Å². The van der Waals surface area contributed by atoms with Gasteiger partial charge in [-0.3, -0.25) is 4.68 Å². The van der Waals surface area contributed by atoms with Crippen molar-refractivity contribution in [1.82, 2.24) is 15.1 Å². The molecule has 0 unspecified atom stereocenters. The highest BCUT2D eigenvalue weighted by Gasteiger charge is 2.16. The lowest BCUT2D eigenvalue weighted by molar-refractivity contribution is 0.0662. The summed E-state index contributed by atoms with van der Waals surface area (Å²) < 4.78 is 13.3. The van der Waals surface area contributed by atoms with E-state index in [0.717, 1.165) is 55.9 Å². The van der Waals surface area contributed by atoms with Gasteiger partial charge in [0.25, 0.3) is 0 Å². The average Bonchev–Trinajstić information content (AvgIpc) is 3.22. The summed E-state index contributed by atoms with van der Waals surface area (Å²) in [5, 5.41) is 9.07. The first-order valence-electron chi connectivity index (χ1n) is 8.17. The van der Waals surface area contributed by atoms with E-state index in [1.165, 1.54) is 5.56 Å². The molecule has 5 heteroatoms. The van der Waals surface area contributed by atoms with Crippen LogP contribution in [0.4, 0.5) is 0 Å². The fraction of sp³-hybridized carbons (Fsp3) is 0.389. The highest BCUT2D eigenvalue weighted by molar-refractivity contribution is 5.77. The first kappa shape index (κ1) is 14.5. The van der Waals surface area contributed by atoms with Crippen molar-refractivity contribution in [2.45, 2.75) is 32.0 Å². The molecule has 3 heterocycles. The van der Waals surface area contributed by atoms with Gasteiger partial charge in [0.2, 0.25) is 0 Å². The topological polar surface area (TPSA) is 52.2 Å². The van der Waals surface area contributed by atoms with E-state index in [2.05, 4.69) is 33.4 Å². The van der Waals surface area contributed by atoms with E-state index >= 15 is 0 Å². The Hall–Kier alpha value is -2.11. The van der Waals surface area contributed by atoms with E-state index in [1.807, 2.05) is 24.4 Å². The van der Waals surface area contributed by atoms with E-state index in [1.54, 1.807) is 0 Å². The van der Waals surface area contributed by atoms with E-state index in [0.29, 0.717) is 6.04 Å². The van der Waals surface area contributed by atoms with Crippen LogP contribution in [0.15, 0.2) is 47.1 Å². The second-order valence-corrected chi connectivity index (χ2v) is 6.03. The summed E-state index contributed by atoms with van der Waals surface area (Å²) in [4.78, 5) is 0. The van der Waals surface area contributed by atoms with Gasteiger partial charge in [-0.2, -0.15) is 5.10 Å². The monoisotopic (exact) mass is 311 g/mol. The van der Waals surface area contributed by atoms with E-state index in [9.17, 15) is 0 Å². The smallest absolute Gasteiger partial charge is 0.134 e. The van der Waals surface area contributed by atoms with Gasteiger partial charge >= 0.3 is 0 Å². The average molecular weight is 311 g/mol. The second-order valence-electron chi connectivity index (χ2n) is 6.03. The molecule has 2 aromatic heterocycles. The molecular formula is C18H21N3O2. The molecular weight excluding hydrogens is 290 g/mol. The molecule has 0 amide bonds. The molecule has 3 aromatic rings. The number of furan rings is 1. The van der Waals surface area contributed by atoms with Crippen LogP contribution < -0.4 is 5.32 Å². The van der Waals surface area contributed by atoms with Gasteiger partial charge in [0, 0.05) is 36.9 Å². The molecule has 0 atom stereocenters. The van der Waals surface area contributed by atoms with Gasteiger partial charge in [0.15, 0.2) is 0 Å². The largest absolute Gasteiger partial charge is 0.460 e. The minimum absolute atomic E-state index is 0.480. The van der Waals surface area contributed by atoms with Gasteiger partial charge in [-0.1, -0.05) is 18.2 Å². The molecule has 1 N–H and O–H groups in total. The number of benzene rings is 1. The van der Waals surface area contributed by atoms with Crippen LogP contribution in [0.1, 0.15) is 30.2 Å². The van der Waals surface area contributed by atoms with Gasteiger partial charge in [-0.25, -0.2) is 0 Å². The van der Waals surface area contributed by atoms with Crippen molar-refractivity contribution in [3.63, 3.8) is 0 Å². The van der Waals surface area contributed by atoms with Crippen LogP contribution in [0, 0.1) is 0 Å². The third-order valence-corrected chi connectivity index (χ3v) is 4.32. The maximum atomic E-state index is 5.81. The summed E-state index contributed by atoms with van der Waals surface area (Å²) in [6.45, 7) is 3.19. The summed E-state index contributed by atoms with van der Waals surface area (Å²) >= 11 is 0. The molecule has 120 valence electrons. The summed E-state index contributed by atoms with van der Waals surface area (Å²) in [7, 11) is 0. The van der Waals surface area contributed by atoms with Crippen molar-refractivity contribution in [1.29, 1.82) is 0 Å². The summed E-state index contributed by atoms with van der Waals surface area (Å²) in [6, 6.07) is 10.7. The first-order valence-corrected chi connectivity index (χ1v) is 8.17. The Morgan fingerprint density at radius 1 is 1.17 bits per heavy atom. The molecule has 0 saturated carbocycles. The molecule has 0 radical (unpaired) electrons. The zero-order valence-electron chi connectivity index (χ0n) is 13.1. The predicted molar refractivity (Wildman–Crippen MR) is 88.1 cm³/mol. The van der Waals surface area contributed by atoms with E-state index < -0.39 is 0 Å². The fourth-order valence-corrected chi connectivity index (χ4v) is 3.07. The van der Waals surface area contributed by atoms with E-state index in [4.69, 9.17) is 9.15 Å². The molecule has 1 saturated heterocycles. The molecule has 1 aromatic carbocycles. The van der Waals surface area contributed by atoms with Crippen LogP contribution in [0.25, 0.3) is 11.0 Å². The molecule has 23 heavy (non-hydrogen) atoms. The number of fused-ring (bicyclic) bond motifs is 1. The van der Waals surface area contributed by atoms with Crippen LogP contribution in [0.3, 0.4) is 0 Å². The normalized spacial score (nSPS) is 16.2. The Morgan fingerprint density at radius 3 is 2.91 bits per heavy atom. The van der Waals surface area contributed by atoms with Crippen molar-refractivity contribution in [3.8, 4) is 0 Å². The number of para-hydroxylation sites is 1. The number of hydrogen-bond donors (Lipinski definition) is 1. The van der Waals surface area contributed by atoms with E-state index in [-0.39, 0.29) is 0 Å². The zero-order valence-corrected chi connectivity index (χ0v) is 13.1. The number of nitrogens with one attached hydrogen (secondary N) is 1. The summed E-state index contributed by atoms with van der Waals surface area (Å²) in [6.07, 6.45) is 6.18. The van der Waals surface area contributed by atoms with Crippen LogP contribution in [0.2, 0.25) is 0 Å². The van der Waals surface area contributed by atoms with Crippen LogP contribution in [-0.2, 0) is 17.8 Å². The van der Waals surface area contributed by atoms with Crippen molar-refractivity contribution in [2.24, 2.45) is 0 Å². The Kier molecular flexibility index (Phi) is 4.13. The highest BCUT2D eigenvalue weighted by atomic mass is 16.5. The molecule has 1 aliphatic heterocycles. The maximum Gasteiger partial charge on any atom is 0.134 e. The van der Waals surface area contributed by atoms with Crippen molar-refractivity contribution in [2.75, 3.05) is 13.2 Å². The maximum absolute atomic E-state index is 5.81. The van der Waals surface area contributed by atoms with Crippen molar-refractivity contribution < 1.29 is 9.15 Å². The van der Waals surface area contributed by atoms with Crippen molar-refractivity contribution in [3.05, 3.63) is 54.0 Å².